The number of anilines is 4. The van der Waals surface area contributed by atoms with Crippen molar-refractivity contribution in [3.63, 3.8) is 0 Å². The Morgan fingerprint density at radius 2 is 2.03 bits per heavy atom. The molecule has 3 N–H and O–H groups in total. The number of hydrogen-bond acceptors (Lipinski definition) is 7. The maximum atomic E-state index is 12.6. The molecule has 0 spiro atoms. The van der Waals surface area contributed by atoms with E-state index >= 15 is 0 Å². The smallest absolute Gasteiger partial charge is 0.267 e. The Morgan fingerprint density at radius 3 is 2.82 bits per heavy atom. The fourth-order valence-corrected chi connectivity index (χ4v) is 4.50. The molecule has 10 heteroatoms. The molecule has 2 amide bonds. The number of benzene rings is 1. The van der Waals surface area contributed by atoms with E-state index in [-0.39, 0.29) is 17.9 Å². The zero-order valence-electron chi connectivity index (χ0n) is 18.0. The summed E-state index contributed by atoms with van der Waals surface area (Å²) in [7, 11) is 0. The highest BCUT2D eigenvalue weighted by molar-refractivity contribution is 7.17. The number of likely N-dealkylation sites (tertiary alicyclic amines) is 1. The Balaban J connectivity index is 1.38. The van der Waals surface area contributed by atoms with E-state index in [9.17, 15) is 9.59 Å². The minimum Gasteiger partial charge on any atom is -0.365 e. The van der Waals surface area contributed by atoms with Crippen LogP contribution >= 0.6 is 22.9 Å². The summed E-state index contributed by atoms with van der Waals surface area (Å²) in [5.74, 6) is 0.956. The van der Waals surface area contributed by atoms with Gasteiger partial charge in [0.1, 0.15) is 16.5 Å². The molecule has 3 aromatic rings. The Hall–Kier alpha value is -3.43. The first-order chi connectivity index (χ1) is 15.9. The zero-order valence-corrected chi connectivity index (χ0v) is 19.5. The molecule has 33 heavy (non-hydrogen) atoms. The third-order valence-electron chi connectivity index (χ3n) is 5.20. The number of aromatic nitrogens is 2. The quantitative estimate of drug-likeness (QED) is 0.422. The molecule has 0 radical (unpaired) electrons. The first-order valence-electron chi connectivity index (χ1n) is 10.4. The largest absolute Gasteiger partial charge is 0.365 e. The van der Waals surface area contributed by atoms with Gasteiger partial charge in [0.15, 0.2) is 5.13 Å². The topological polar surface area (TPSA) is 99.3 Å². The monoisotopic (exact) mass is 482 g/mol. The third-order valence-corrected chi connectivity index (χ3v) is 6.43. The lowest BCUT2D eigenvalue weighted by atomic mass is 10.2. The van der Waals surface area contributed by atoms with Crippen LogP contribution in [0.4, 0.5) is 22.5 Å². The summed E-state index contributed by atoms with van der Waals surface area (Å²) in [6.45, 7) is 6.73. The molecule has 1 aliphatic heterocycles. The first kappa shape index (κ1) is 22.8. The number of hydrogen-bond donors (Lipinski definition) is 3. The summed E-state index contributed by atoms with van der Waals surface area (Å²) in [6, 6.07) is 11.1. The molecule has 0 bridgehead atoms. The van der Waals surface area contributed by atoms with E-state index in [0.29, 0.717) is 45.4 Å². The second-order valence-corrected chi connectivity index (χ2v) is 9.00. The van der Waals surface area contributed by atoms with Gasteiger partial charge in [-0.2, -0.15) is 0 Å². The molecule has 0 saturated carbocycles. The second-order valence-electron chi connectivity index (χ2n) is 7.57. The highest BCUT2D eigenvalue weighted by atomic mass is 35.5. The average molecular weight is 483 g/mol. The summed E-state index contributed by atoms with van der Waals surface area (Å²) in [5, 5.41) is 10.4. The number of carbonyl (C=O) groups excluding carboxylic acids is 2. The zero-order chi connectivity index (χ0) is 23.4. The molecule has 4 rings (SSSR count). The van der Waals surface area contributed by atoms with Crippen LogP contribution in [-0.4, -0.2) is 45.8 Å². The number of halogens is 1. The van der Waals surface area contributed by atoms with Crippen LogP contribution in [0.2, 0.25) is 5.02 Å². The van der Waals surface area contributed by atoms with Crippen molar-refractivity contribution in [3.05, 3.63) is 70.7 Å². The highest BCUT2D eigenvalue weighted by Gasteiger charge is 2.25. The molecule has 8 nitrogen and oxygen atoms in total. The van der Waals surface area contributed by atoms with Crippen molar-refractivity contribution in [1.82, 2.24) is 14.9 Å². The number of thiazole rings is 1. The molecule has 1 aliphatic rings. The lowest BCUT2D eigenvalue weighted by Crippen LogP contribution is -2.30. The van der Waals surface area contributed by atoms with Gasteiger partial charge in [0.25, 0.3) is 5.91 Å². The molecule has 2 aromatic heterocycles. The van der Waals surface area contributed by atoms with E-state index in [4.69, 9.17) is 11.6 Å². The summed E-state index contributed by atoms with van der Waals surface area (Å²) >= 11 is 7.42. The van der Waals surface area contributed by atoms with E-state index in [2.05, 4.69) is 32.5 Å². The maximum Gasteiger partial charge on any atom is 0.267 e. The van der Waals surface area contributed by atoms with Crippen LogP contribution in [-0.2, 0) is 4.79 Å². The lowest BCUT2D eigenvalue weighted by molar-refractivity contribution is -0.125. The van der Waals surface area contributed by atoms with Crippen molar-refractivity contribution >= 4 is 57.2 Å². The van der Waals surface area contributed by atoms with E-state index in [1.807, 2.05) is 37.3 Å². The van der Waals surface area contributed by atoms with Gasteiger partial charge in [0.2, 0.25) is 5.91 Å². The van der Waals surface area contributed by atoms with Crippen LogP contribution < -0.4 is 16.0 Å². The number of nitrogens with one attached hydrogen (secondary N) is 3. The van der Waals surface area contributed by atoms with Crippen molar-refractivity contribution in [2.45, 2.75) is 19.4 Å². The van der Waals surface area contributed by atoms with Crippen LogP contribution in [0.1, 0.15) is 21.7 Å². The van der Waals surface area contributed by atoms with Gasteiger partial charge in [0, 0.05) is 19.1 Å². The SMILES string of the molecule is C=CC(=O)N1CC[C@H](Nc2cccc(Nc3ncc(C(=O)Nc4c(C)cccc4Cl)s3)n2)C1. The number of pyridine rings is 1. The first-order valence-corrected chi connectivity index (χ1v) is 11.6. The standard InChI is InChI=1S/C23H23ClN6O2S/c1-3-20(31)30-11-10-15(13-30)26-18-8-5-9-19(27-18)28-23-25-12-17(33-23)22(32)29-21-14(2)6-4-7-16(21)24/h3-9,12,15H,1,10-11,13H2,2H3,(H,29,32)(H2,25,26,27,28)/t15-/m0/s1. The Morgan fingerprint density at radius 1 is 1.24 bits per heavy atom. The number of nitrogens with zero attached hydrogens (tertiary/aromatic N) is 3. The summed E-state index contributed by atoms with van der Waals surface area (Å²) in [6.07, 6.45) is 3.69. The van der Waals surface area contributed by atoms with Crippen molar-refractivity contribution < 1.29 is 9.59 Å². The molecule has 170 valence electrons. The number of rotatable bonds is 7. The van der Waals surface area contributed by atoms with E-state index < -0.39 is 0 Å². The maximum absolute atomic E-state index is 12.6. The van der Waals surface area contributed by atoms with Crippen LogP contribution in [0.25, 0.3) is 0 Å². The van der Waals surface area contributed by atoms with Crippen LogP contribution in [0.5, 0.6) is 0 Å². The van der Waals surface area contributed by atoms with Crippen LogP contribution in [0.3, 0.4) is 0 Å². The van der Waals surface area contributed by atoms with Crippen molar-refractivity contribution in [3.8, 4) is 0 Å². The normalized spacial score (nSPS) is 15.2. The van der Waals surface area contributed by atoms with E-state index in [0.717, 1.165) is 12.0 Å². The number of carbonyl (C=O) groups is 2. The minimum absolute atomic E-state index is 0.0593. The molecule has 0 unspecified atom stereocenters. The van der Waals surface area contributed by atoms with Gasteiger partial charge in [-0.15, -0.1) is 0 Å². The second kappa shape index (κ2) is 10.0. The Kier molecular flexibility index (Phi) is 6.90. The van der Waals surface area contributed by atoms with Gasteiger partial charge in [-0.1, -0.05) is 47.7 Å². The lowest BCUT2D eigenvalue weighted by Gasteiger charge is -2.16. The molecule has 1 aromatic carbocycles. The van der Waals surface area contributed by atoms with Crippen LogP contribution in [0, 0.1) is 6.92 Å². The third kappa shape index (κ3) is 5.50. The number of aryl methyl sites for hydroxylation is 1. The molecule has 1 atom stereocenters. The fourth-order valence-electron chi connectivity index (χ4n) is 3.51. The van der Waals surface area contributed by atoms with Crippen molar-refractivity contribution in [2.75, 3.05) is 29.0 Å². The van der Waals surface area contributed by atoms with Gasteiger partial charge >= 0.3 is 0 Å². The Bertz CT molecular complexity index is 1180. The van der Waals surface area contributed by atoms with Gasteiger partial charge in [0.05, 0.1) is 16.9 Å². The predicted octanol–water partition coefficient (Wildman–Crippen LogP) is 4.69. The van der Waals surface area contributed by atoms with Gasteiger partial charge in [-0.25, -0.2) is 9.97 Å². The van der Waals surface area contributed by atoms with Crippen molar-refractivity contribution in [2.24, 2.45) is 0 Å². The van der Waals surface area contributed by atoms with E-state index in [1.54, 1.807) is 11.0 Å². The van der Waals surface area contributed by atoms with Crippen molar-refractivity contribution in [1.29, 1.82) is 0 Å². The van der Waals surface area contributed by atoms with Gasteiger partial charge in [-0.3, -0.25) is 9.59 Å². The van der Waals surface area contributed by atoms with Gasteiger partial charge in [-0.05, 0) is 43.2 Å². The Labute approximate surface area is 200 Å². The number of amides is 2. The summed E-state index contributed by atoms with van der Waals surface area (Å²) < 4.78 is 0. The van der Waals surface area contributed by atoms with E-state index in [1.165, 1.54) is 23.6 Å². The number of para-hydroxylation sites is 1. The van der Waals surface area contributed by atoms with Gasteiger partial charge < -0.3 is 20.9 Å². The molecule has 0 aliphatic carbocycles. The average Bonchev–Trinajstić information content (AvgIpc) is 3.46. The molecule has 3 heterocycles. The highest BCUT2D eigenvalue weighted by Crippen LogP contribution is 2.28. The molecule has 1 saturated heterocycles. The summed E-state index contributed by atoms with van der Waals surface area (Å²) in [4.78, 5) is 35.5. The fraction of sp³-hybridized carbons (Fsp3) is 0.217. The molecule has 1 fully saturated rings. The predicted molar refractivity (Wildman–Crippen MR) is 133 cm³/mol. The molecular formula is C23H23ClN6O2S. The summed E-state index contributed by atoms with van der Waals surface area (Å²) in [5.41, 5.74) is 1.47. The minimum atomic E-state index is -0.278. The molecular weight excluding hydrogens is 460 g/mol. The van der Waals surface area contributed by atoms with Crippen LogP contribution in [0.15, 0.2) is 55.3 Å².